The highest BCUT2D eigenvalue weighted by Crippen LogP contribution is 2.10. The molecule has 62 valence electrons. The molecule has 0 aliphatic rings. The van der Waals surface area contributed by atoms with Gasteiger partial charge in [-0.25, -0.2) is 0 Å². The van der Waals surface area contributed by atoms with E-state index in [1.807, 2.05) is 0 Å². The maximum atomic E-state index is 11.6. The first-order valence-electron chi connectivity index (χ1n) is 4.02. The minimum atomic E-state index is -0.220. The molecule has 0 spiro atoms. The van der Waals surface area contributed by atoms with Crippen LogP contribution < -0.4 is 0 Å². The van der Waals surface area contributed by atoms with E-state index >= 15 is 0 Å². The third-order valence-electron chi connectivity index (χ3n) is 1.83. The van der Waals surface area contributed by atoms with E-state index in [-0.39, 0.29) is 13.3 Å². The molecule has 10 heavy (non-hydrogen) atoms. The average Bonchev–Trinajstić information content (AvgIpc) is 1.99. The highest BCUT2D eigenvalue weighted by Gasteiger charge is 2.02. The second kappa shape index (κ2) is 7.00. The van der Waals surface area contributed by atoms with Crippen molar-refractivity contribution in [3.63, 3.8) is 0 Å². The molecule has 0 aromatic heterocycles. The maximum absolute atomic E-state index is 11.6. The molecule has 0 saturated carbocycles. The molecule has 0 aliphatic carbocycles. The van der Waals surface area contributed by atoms with Gasteiger partial charge in [0.1, 0.15) is 0 Å². The molecule has 0 saturated heterocycles. The third kappa shape index (κ3) is 4.74. The van der Waals surface area contributed by atoms with Crippen LogP contribution in [0.4, 0.5) is 4.39 Å². The predicted molar refractivity (Wildman–Crippen MR) is 40.7 cm³/mol. The Morgan fingerprint density at radius 3 is 2.50 bits per heavy atom. The van der Waals surface area contributed by atoms with Gasteiger partial charge in [0, 0.05) is 6.61 Å². The molecule has 0 bridgehead atoms. The van der Waals surface area contributed by atoms with Gasteiger partial charge in [-0.05, 0) is 18.8 Å². The van der Waals surface area contributed by atoms with Gasteiger partial charge in [-0.1, -0.05) is 19.8 Å². The molecule has 0 amide bonds. The van der Waals surface area contributed by atoms with Crippen LogP contribution in [0.3, 0.4) is 0 Å². The van der Waals surface area contributed by atoms with Crippen LogP contribution in [0.5, 0.6) is 0 Å². The van der Waals surface area contributed by atoms with Crippen LogP contribution in [0.25, 0.3) is 0 Å². The molecule has 0 heterocycles. The van der Waals surface area contributed by atoms with E-state index < -0.39 is 0 Å². The summed E-state index contributed by atoms with van der Waals surface area (Å²) in [5.74, 6) is 0.395. The first kappa shape index (κ1) is 9.89. The van der Waals surface area contributed by atoms with Gasteiger partial charge in [0.15, 0.2) is 0 Å². The third-order valence-corrected chi connectivity index (χ3v) is 1.83. The summed E-state index contributed by atoms with van der Waals surface area (Å²) >= 11 is 0. The van der Waals surface area contributed by atoms with Crippen LogP contribution in [-0.4, -0.2) is 18.4 Å². The lowest BCUT2D eigenvalue weighted by molar-refractivity contribution is 0.210. The molecule has 0 aromatic rings. The normalized spacial score (nSPS) is 13.5. The number of aliphatic hydroxyl groups is 1. The smallest absolute Gasteiger partial charge is 0.0894 e. The first-order chi connectivity index (χ1) is 4.85. The Morgan fingerprint density at radius 1 is 1.40 bits per heavy atom. The van der Waals surface area contributed by atoms with Crippen molar-refractivity contribution in [3.8, 4) is 0 Å². The van der Waals surface area contributed by atoms with Gasteiger partial charge in [-0.2, -0.15) is 0 Å². The van der Waals surface area contributed by atoms with Gasteiger partial charge in [0.2, 0.25) is 0 Å². The average molecular weight is 148 g/mol. The summed E-state index contributed by atoms with van der Waals surface area (Å²) in [5.41, 5.74) is 0. The van der Waals surface area contributed by atoms with Gasteiger partial charge in [0.25, 0.3) is 0 Å². The van der Waals surface area contributed by atoms with Crippen molar-refractivity contribution in [2.75, 3.05) is 13.3 Å². The summed E-state index contributed by atoms with van der Waals surface area (Å²) in [6.07, 6.45) is 3.53. The molecule has 1 atom stereocenters. The number of alkyl halides is 1. The second-order valence-electron chi connectivity index (χ2n) is 2.64. The van der Waals surface area contributed by atoms with Crippen LogP contribution >= 0.6 is 0 Å². The fraction of sp³-hybridized carbons (Fsp3) is 1.00. The zero-order chi connectivity index (χ0) is 7.82. The summed E-state index contributed by atoms with van der Waals surface area (Å²) in [5, 5.41) is 8.73. The number of rotatable bonds is 6. The van der Waals surface area contributed by atoms with Gasteiger partial charge < -0.3 is 5.11 Å². The standard InChI is InChI=1S/C8H17FO/c1-2-8(7-10)5-3-4-6-9/h8,10H,2-7H2,1H3. The molecular weight excluding hydrogens is 131 g/mol. The van der Waals surface area contributed by atoms with E-state index in [9.17, 15) is 4.39 Å². The zero-order valence-electron chi connectivity index (χ0n) is 6.65. The van der Waals surface area contributed by atoms with E-state index in [0.29, 0.717) is 12.3 Å². The lowest BCUT2D eigenvalue weighted by Crippen LogP contribution is -2.03. The van der Waals surface area contributed by atoms with Crippen molar-refractivity contribution in [3.05, 3.63) is 0 Å². The Balaban J connectivity index is 3.09. The zero-order valence-corrected chi connectivity index (χ0v) is 6.65. The molecule has 2 heteroatoms. The lowest BCUT2D eigenvalue weighted by Gasteiger charge is -2.09. The van der Waals surface area contributed by atoms with Crippen LogP contribution in [0.1, 0.15) is 32.6 Å². The quantitative estimate of drug-likeness (QED) is 0.572. The van der Waals surface area contributed by atoms with Crippen LogP contribution in [0, 0.1) is 5.92 Å². The Labute approximate surface area is 62.3 Å². The second-order valence-corrected chi connectivity index (χ2v) is 2.64. The van der Waals surface area contributed by atoms with Crippen molar-refractivity contribution in [1.29, 1.82) is 0 Å². The van der Waals surface area contributed by atoms with Gasteiger partial charge in [-0.3, -0.25) is 4.39 Å². The number of hydrogen-bond acceptors (Lipinski definition) is 1. The predicted octanol–water partition coefficient (Wildman–Crippen LogP) is 2.14. The van der Waals surface area contributed by atoms with Gasteiger partial charge in [-0.15, -0.1) is 0 Å². The number of aliphatic hydroxyl groups excluding tert-OH is 1. The van der Waals surface area contributed by atoms with E-state index in [1.54, 1.807) is 0 Å². The Kier molecular flexibility index (Phi) is 6.93. The first-order valence-corrected chi connectivity index (χ1v) is 4.02. The van der Waals surface area contributed by atoms with Crippen molar-refractivity contribution < 1.29 is 9.50 Å². The minimum Gasteiger partial charge on any atom is -0.396 e. The van der Waals surface area contributed by atoms with Crippen LogP contribution in [-0.2, 0) is 0 Å². The van der Waals surface area contributed by atoms with Crippen molar-refractivity contribution >= 4 is 0 Å². The number of unbranched alkanes of at least 4 members (excludes halogenated alkanes) is 1. The minimum absolute atomic E-state index is 0.220. The van der Waals surface area contributed by atoms with Crippen LogP contribution in [0.2, 0.25) is 0 Å². The summed E-state index contributed by atoms with van der Waals surface area (Å²) < 4.78 is 11.6. The molecule has 1 nitrogen and oxygen atoms in total. The molecule has 0 fully saturated rings. The Morgan fingerprint density at radius 2 is 2.10 bits per heavy atom. The molecule has 0 aliphatic heterocycles. The lowest BCUT2D eigenvalue weighted by atomic mass is 10.0. The van der Waals surface area contributed by atoms with Crippen molar-refractivity contribution in [1.82, 2.24) is 0 Å². The molecule has 1 N–H and O–H groups in total. The van der Waals surface area contributed by atoms with Crippen molar-refractivity contribution in [2.45, 2.75) is 32.6 Å². The fourth-order valence-corrected chi connectivity index (χ4v) is 0.952. The monoisotopic (exact) mass is 148 g/mol. The molecular formula is C8H17FO. The topological polar surface area (TPSA) is 20.2 Å². The van der Waals surface area contributed by atoms with Gasteiger partial charge >= 0.3 is 0 Å². The molecule has 0 aromatic carbocycles. The maximum Gasteiger partial charge on any atom is 0.0894 e. The molecule has 0 rings (SSSR count). The largest absolute Gasteiger partial charge is 0.396 e. The van der Waals surface area contributed by atoms with E-state index in [4.69, 9.17) is 5.11 Å². The van der Waals surface area contributed by atoms with Gasteiger partial charge in [0.05, 0.1) is 6.67 Å². The number of halogens is 1. The molecule has 0 radical (unpaired) electrons. The Hall–Kier alpha value is -0.110. The van der Waals surface area contributed by atoms with Crippen LogP contribution in [0.15, 0.2) is 0 Å². The highest BCUT2D eigenvalue weighted by atomic mass is 19.1. The van der Waals surface area contributed by atoms with E-state index in [2.05, 4.69) is 6.92 Å². The summed E-state index contributed by atoms with van der Waals surface area (Å²) in [6, 6.07) is 0. The van der Waals surface area contributed by atoms with Crippen molar-refractivity contribution in [2.24, 2.45) is 5.92 Å². The Bertz CT molecular complexity index is 62.3. The fourth-order valence-electron chi connectivity index (χ4n) is 0.952. The van der Waals surface area contributed by atoms with E-state index in [0.717, 1.165) is 19.3 Å². The van der Waals surface area contributed by atoms with E-state index in [1.165, 1.54) is 0 Å². The molecule has 1 unspecified atom stereocenters. The highest BCUT2D eigenvalue weighted by molar-refractivity contribution is 4.54. The number of hydrogen-bond donors (Lipinski definition) is 1. The summed E-state index contributed by atoms with van der Waals surface area (Å²) in [6.45, 7) is 2.08. The summed E-state index contributed by atoms with van der Waals surface area (Å²) in [7, 11) is 0. The SMILES string of the molecule is CCC(CO)CCCCF. The summed E-state index contributed by atoms with van der Waals surface area (Å²) in [4.78, 5) is 0.